The molecule has 0 N–H and O–H groups in total. The highest BCUT2D eigenvalue weighted by molar-refractivity contribution is 6.17. The first-order valence-corrected chi connectivity index (χ1v) is 7.37. The number of hydrogen-bond acceptors (Lipinski definition) is 2. The van der Waals surface area contributed by atoms with Gasteiger partial charge in [-0.25, -0.2) is 18.7 Å². The predicted octanol–water partition coefficient (Wildman–Crippen LogP) is 4.46. The van der Waals surface area contributed by atoms with E-state index in [1.54, 1.807) is 6.20 Å². The minimum Gasteiger partial charge on any atom is -0.241 e. The molecule has 1 saturated carbocycles. The van der Waals surface area contributed by atoms with E-state index in [9.17, 15) is 8.78 Å². The summed E-state index contributed by atoms with van der Waals surface area (Å²) in [5.41, 5.74) is 1.83. The predicted molar refractivity (Wildman–Crippen MR) is 71.7 cm³/mol. The van der Waals surface area contributed by atoms with Gasteiger partial charge in [-0.2, -0.15) is 0 Å². The van der Waals surface area contributed by atoms with E-state index in [1.807, 2.05) is 0 Å². The van der Waals surface area contributed by atoms with E-state index in [0.717, 1.165) is 30.5 Å². The molecule has 1 heterocycles. The van der Waals surface area contributed by atoms with Crippen molar-refractivity contribution in [1.29, 1.82) is 0 Å². The summed E-state index contributed by atoms with van der Waals surface area (Å²) in [6, 6.07) is 0. The molecule has 0 aliphatic heterocycles. The van der Waals surface area contributed by atoms with Gasteiger partial charge in [0.25, 0.3) is 0 Å². The van der Waals surface area contributed by atoms with Crippen molar-refractivity contribution in [3.63, 3.8) is 0 Å². The van der Waals surface area contributed by atoms with Crippen LogP contribution in [0.4, 0.5) is 8.78 Å². The molecular formula is C14H19ClF2N2. The molecule has 2 nitrogen and oxygen atoms in total. The van der Waals surface area contributed by atoms with Gasteiger partial charge in [0.2, 0.25) is 5.92 Å². The van der Waals surface area contributed by atoms with Gasteiger partial charge in [0.15, 0.2) is 0 Å². The average molecular weight is 289 g/mol. The Morgan fingerprint density at radius 2 is 2.26 bits per heavy atom. The van der Waals surface area contributed by atoms with Crippen molar-refractivity contribution in [3.05, 3.63) is 23.3 Å². The fraction of sp³-hybridized carbons (Fsp3) is 0.714. The zero-order chi connectivity index (χ0) is 13.9. The van der Waals surface area contributed by atoms with Crippen LogP contribution in [0.5, 0.6) is 0 Å². The van der Waals surface area contributed by atoms with E-state index in [4.69, 9.17) is 11.6 Å². The maximum absolute atomic E-state index is 13.5. The molecule has 0 amide bonds. The smallest absolute Gasteiger partial charge is 0.241 e. The van der Waals surface area contributed by atoms with Gasteiger partial charge in [-0.15, -0.1) is 11.6 Å². The molecule has 2 rings (SSSR count). The SMILES string of the molecule is CCCc1nc(C2CCCC(F)(F)C2)ncc1CCl. The molecule has 19 heavy (non-hydrogen) atoms. The molecule has 5 heteroatoms. The third kappa shape index (κ3) is 3.62. The van der Waals surface area contributed by atoms with E-state index in [-0.39, 0.29) is 18.8 Å². The molecule has 106 valence electrons. The standard InChI is InChI=1S/C14H19ClF2N2/c1-2-4-12-11(8-15)9-18-13(19-12)10-5-3-6-14(16,17)7-10/h9-10H,2-8H2,1H3. The Morgan fingerprint density at radius 3 is 2.89 bits per heavy atom. The van der Waals surface area contributed by atoms with Crippen LogP contribution >= 0.6 is 11.6 Å². The zero-order valence-corrected chi connectivity index (χ0v) is 11.9. The summed E-state index contributed by atoms with van der Waals surface area (Å²) in [4.78, 5) is 8.75. The van der Waals surface area contributed by atoms with Crippen LogP contribution in [-0.4, -0.2) is 15.9 Å². The number of hydrogen-bond donors (Lipinski definition) is 0. The van der Waals surface area contributed by atoms with Crippen LogP contribution in [0.1, 0.15) is 62.0 Å². The highest BCUT2D eigenvalue weighted by Gasteiger charge is 2.37. The van der Waals surface area contributed by atoms with Gasteiger partial charge in [-0.05, 0) is 19.3 Å². The Kier molecular flexibility index (Phi) is 4.71. The number of aromatic nitrogens is 2. The van der Waals surface area contributed by atoms with E-state index in [2.05, 4.69) is 16.9 Å². The van der Waals surface area contributed by atoms with Crippen LogP contribution < -0.4 is 0 Å². The van der Waals surface area contributed by atoms with E-state index in [0.29, 0.717) is 18.1 Å². The van der Waals surface area contributed by atoms with Crippen LogP contribution in [0.25, 0.3) is 0 Å². The van der Waals surface area contributed by atoms with Crippen molar-refractivity contribution in [1.82, 2.24) is 9.97 Å². The quantitative estimate of drug-likeness (QED) is 0.764. The number of aryl methyl sites for hydroxylation is 1. The second kappa shape index (κ2) is 6.12. The fourth-order valence-corrected chi connectivity index (χ4v) is 2.83. The molecule has 1 aromatic rings. The summed E-state index contributed by atoms with van der Waals surface area (Å²) < 4.78 is 26.9. The molecular weight excluding hydrogens is 270 g/mol. The van der Waals surface area contributed by atoms with E-state index < -0.39 is 5.92 Å². The Hall–Kier alpha value is -0.770. The molecule has 1 fully saturated rings. The lowest BCUT2D eigenvalue weighted by Gasteiger charge is -2.28. The second-order valence-electron chi connectivity index (χ2n) is 5.23. The van der Waals surface area contributed by atoms with Crippen LogP contribution in [0, 0.1) is 0 Å². The van der Waals surface area contributed by atoms with Gasteiger partial charge in [0, 0.05) is 36.2 Å². The molecule has 1 aliphatic carbocycles. The monoisotopic (exact) mass is 288 g/mol. The molecule has 0 bridgehead atoms. The van der Waals surface area contributed by atoms with Gasteiger partial charge in [0.05, 0.1) is 5.88 Å². The molecule has 1 atom stereocenters. The minimum absolute atomic E-state index is 0.00885. The average Bonchev–Trinajstić information content (AvgIpc) is 2.38. The van der Waals surface area contributed by atoms with Gasteiger partial charge in [-0.1, -0.05) is 13.3 Å². The maximum Gasteiger partial charge on any atom is 0.248 e. The summed E-state index contributed by atoms with van der Waals surface area (Å²) >= 11 is 5.85. The van der Waals surface area contributed by atoms with Crippen molar-refractivity contribution < 1.29 is 8.78 Å². The van der Waals surface area contributed by atoms with Gasteiger partial charge < -0.3 is 0 Å². The van der Waals surface area contributed by atoms with Crippen molar-refractivity contribution >= 4 is 11.6 Å². The summed E-state index contributed by atoms with van der Waals surface area (Å²) in [5, 5.41) is 0. The first-order valence-electron chi connectivity index (χ1n) is 6.84. The highest BCUT2D eigenvalue weighted by atomic mass is 35.5. The third-order valence-electron chi connectivity index (χ3n) is 3.61. The van der Waals surface area contributed by atoms with Crippen LogP contribution in [0.3, 0.4) is 0 Å². The van der Waals surface area contributed by atoms with Crippen molar-refractivity contribution in [3.8, 4) is 0 Å². The molecule has 1 unspecified atom stereocenters. The topological polar surface area (TPSA) is 25.8 Å². The lowest BCUT2D eigenvalue weighted by atomic mass is 9.86. The number of halogens is 3. The second-order valence-corrected chi connectivity index (χ2v) is 5.50. The van der Waals surface area contributed by atoms with Gasteiger partial charge in [0.1, 0.15) is 5.82 Å². The van der Waals surface area contributed by atoms with E-state index in [1.165, 1.54) is 0 Å². The van der Waals surface area contributed by atoms with Crippen molar-refractivity contribution in [2.24, 2.45) is 0 Å². The number of rotatable bonds is 4. The Morgan fingerprint density at radius 1 is 1.47 bits per heavy atom. The lowest BCUT2D eigenvalue weighted by molar-refractivity contribution is -0.0417. The van der Waals surface area contributed by atoms with Gasteiger partial charge >= 0.3 is 0 Å². The fourth-order valence-electron chi connectivity index (χ4n) is 2.61. The van der Waals surface area contributed by atoms with Crippen LogP contribution in [-0.2, 0) is 12.3 Å². The third-order valence-corrected chi connectivity index (χ3v) is 3.90. The minimum atomic E-state index is -2.57. The van der Waals surface area contributed by atoms with Crippen molar-refractivity contribution in [2.45, 2.75) is 63.2 Å². The molecule has 0 saturated heterocycles. The van der Waals surface area contributed by atoms with Crippen LogP contribution in [0.15, 0.2) is 6.20 Å². The summed E-state index contributed by atoms with van der Waals surface area (Å²) in [6.07, 6.45) is 4.64. The number of alkyl halides is 3. The number of nitrogens with zero attached hydrogens (tertiary/aromatic N) is 2. The first-order chi connectivity index (χ1) is 9.05. The van der Waals surface area contributed by atoms with Crippen molar-refractivity contribution in [2.75, 3.05) is 0 Å². The normalized spacial score (nSPS) is 22.4. The van der Waals surface area contributed by atoms with Gasteiger partial charge in [-0.3, -0.25) is 0 Å². The molecule has 1 aliphatic rings. The Balaban J connectivity index is 2.22. The largest absolute Gasteiger partial charge is 0.248 e. The Bertz CT molecular complexity index is 437. The van der Waals surface area contributed by atoms with E-state index >= 15 is 0 Å². The summed E-state index contributed by atoms with van der Waals surface area (Å²) in [5.74, 6) is -1.85. The zero-order valence-electron chi connectivity index (χ0n) is 11.1. The molecule has 0 aromatic carbocycles. The highest BCUT2D eigenvalue weighted by Crippen LogP contribution is 2.40. The Labute approximate surface area is 117 Å². The van der Waals surface area contributed by atoms with Crippen LogP contribution in [0.2, 0.25) is 0 Å². The summed E-state index contributed by atoms with van der Waals surface area (Å²) in [7, 11) is 0. The first kappa shape index (κ1) is 14.6. The molecule has 1 aromatic heterocycles. The molecule has 0 spiro atoms. The maximum atomic E-state index is 13.5. The lowest BCUT2D eigenvalue weighted by Crippen LogP contribution is -2.26. The summed E-state index contributed by atoms with van der Waals surface area (Å²) in [6.45, 7) is 2.06. The molecule has 0 radical (unpaired) electrons.